The van der Waals surface area contributed by atoms with Crippen molar-refractivity contribution in [2.75, 3.05) is 20.2 Å². The van der Waals surface area contributed by atoms with Gasteiger partial charge in [0.05, 0.1) is 11.7 Å². The van der Waals surface area contributed by atoms with Crippen molar-refractivity contribution in [3.8, 4) is 11.4 Å². The highest BCUT2D eigenvalue weighted by Crippen LogP contribution is 2.37. The zero-order valence-corrected chi connectivity index (χ0v) is 19.6. The highest BCUT2D eigenvalue weighted by molar-refractivity contribution is 5.83. The quantitative estimate of drug-likeness (QED) is 0.586. The summed E-state index contributed by atoms with van der Waals surface area (Å²) in [7, 11) is 1.64. The van der Waals surface area contributed by atoms with Crippen molar-refractivity contribution in [1.82, 2.24) is 24.8 Å². The van der Waals surface area contributed by atoms with Crippen molar-refractivity contribution in [1.29, 1.82) is 0 Å². The standard InChI is InChI=1S/C23H31N5O4/c1-15(2)28-18-13-16(7-8-17(18)14-24-28)19-25-20(32-26-19)23(30-6)9-11-27(12-10-23)21(29)31-22(3,4)5/h7-8,13-15H,9-12H2,1-6H3. The van der Waals surface area contributed by atoms with Gasteiger partial charge in [0.15, 0.2) is 0 Å². The summed E-state index contributed by atoms with van der Waals surface area (Å²) in [6.45, 7) is 10.7. The fraction of sp³-hybridized carbons (Fsp3) is 0.565. The van der Waals surface area contributed by atoms with Crippen molar-refractivity contribution in [2.45, 2.75) is 64.7 Å². The van der Waals surface area contributed by atoms with Crippen molar-refractivity contribution in [3.63, 3.8) is 0 Å². The molecule has 1 fully saturated rings. The number of likely N-dealkylation sites (tertiary alicyclic amines) is 1. The topological polar surface area (TPSA) is 95.5 Å². The Morgan fingerprint density at radius 3 is 2.56 bits per heavy atom. The summed E-state index contributed by atoms with van der Waals surface area (Å²) in [5, 5.41) is 9.75. The highest BCUT2D eigenvalue weighted by atomic mass is 16.6. The van der Waals surface area contributed by atoms with Crippen molar-refractivity contribution < 1.29 is 18.8 Å². The molecule has 3 aromatic rings. The summed E-state index contributed by atoms with van der Waals surface area (Å²) in [4.78, 5) is 18.8. The summed E-state index contributed by atoms with van der Waals surface area (Å²) in [5.41, 5.74) is 0.622. The summed E-state index contributed by atoms with van der Waals surface area (Å²) in [5.74, 6) is 0.931. The summed E-state index contributed by atoms with van der Waals surface area (Å²) in [6, 6.07) is 6.25. The lowest BCUT2D eigenvalue weighted by molar-refractivity contribution is -0.0835. The van der Waals surface area contributed by atoms with Crippen molar-refractivity contribution in [2.24, 2.45) is 0 Å². The van der Waals surface area contributed by atoms with Crippen LogP contribution in [0.25, 0.3) is 22.3 Å². The second kappa shape index (κ2) is 8.20. The second-order valence-corrected chi connectivity index (χ2v) is 9.55. The molecule has 1 aliphatic rings. The van der Waals surface area contributed by atoms with Gasteiger partial charge in [0.25, 0.3) is 5.89 Å². The van der Waals surface area contributed by atoms with Crippen LogP contribution in [0, 0.1) is 0 Å². The van der Waals surface area contributed by atoms with Crippen LogP contribution in [0.3, 0.4) is 0 Å². The molecular weight excluding hydrogens is 410 g/mol. The molecule has 9 nitrogen and oxygen atoms in total. The number of hydrogen-bond donors (Lipinski definition) is 0. The SMILES string of the molecule is COC1(c2nc(-c3ccc4cnn(C(C)C)c4c3)no2)CCN(C(=O)OC(C)(C)C)CC1. The molecule has 0 radical (unpaired) electrons. The number of carbonyl (C=O) groups is 1. The van der Waals surface area contributed by atoms with Gasteiger partial charge < -0.3 is 18.9 Å². The molecule has 172 valence electrons. The first kappa shape index (κ1) is 22.3. The molecule has 1 aromatic carbocycles. The van der Waals surface area contributed by atoms with Crippen LogP contribution in [0.5, 0.6) is 0 Å². The molecule has 0 bridgehead atoms. The average Bonchev–Trinajstić information content (AvgIpc) is 3.39. The molecule has 3 heterocycles. The van der Waals surface area contributed by atoms with Crippen molar-refractivity contribution in [3.05, 3.63) is 30.3 Å². The molecule has 0 N–H and O–H groups in total. The normalized spacial score (nSPS) is 16.7. The molecule has 0 saturated carbocycles. The van der Waals surface area contributed by atoms with Crippen LogP contribution in [0.4, 0.5) is 4.79 Å². The Kier molecular flexibility index (Phi) is 5.70. The molecule has 0 aliphatic carbocycles. The maximum absolute atomic E-state index is 12.4. The van der Waals surface area contributed by atoms with Gasteiger partial charge in [0.1, 0.15) is 11.2 Å². The lowest BCUT2D eigenvalue weighted by atomic mass is 9.91. The van der Waals surface area contributed by atoms with Gasteiger partial charge >= 0.3 is 6.09 Å². The second-order valence-electron chi connectivity index (χ2n) is 9.55. The first-order chi connectivity index (χ1) is 15.1. The summed E-state index contributed by atoms with van der Waals surface area (Å²) >= 11 is 0. The molecule has 32 heavy (non-hydrogen) atoms. The first-order valence-corrected chi connectivity index (χ1v) is 11.0. The minimum Gasteiger partial charge on any atom is -0.444 e. The van der Waals surface area contributed by atoms with Crippen LogP contribution in [0.2, 0.25) is 0 Å². The molecule has 1 amide bonds. The van der Waals surface area contributed by atoms with E-state index in [9.17, 15) is 4.79 Å². The number of nitrogens with zero attached hydrogens (tertiary/aromatic N) is 5. The molecule has 0 atom stereocenters. The van der Waals surface area contributed by atoms with Crippen LogP contribution in [-0.2, 0) is 15.1 Å². The van der Waals surface area contributed by atoms with E-state index in [1.807, 2.05) is 49.8 Å². The van der Waals surface area contributed by atoms with E-state index in [0.29, 0.717) is 37.6 Å². The maximum atomic E-state index is 12.4. The van der Waals surface area contributed by atoms with Crippen molar-refractivity contribution >= 4 is 17.0 Å². The number of hydrogen-bond acceptors (Lipinski definition) is 7. The molecule has 0 unspecified atom stereocenters. The van der Waals surface area contributed by atoms with Gasteiger partial charge in [-0.25, -0.2) is 4.79 Å². The van der Waals surface area contributed by atoms with E-state index >= 15 is 0 Å². The van der Waals surface area contributed by atoms with Gasteiger partial charge in [-0.1, -0.05) is 17.3 Å². The first-order valence-electron chi connectivity index (χ1n) is 11.0. The molecule has 1 saturated heterocycles. The van der Waals surface area contributed by atoms with Crippen LogP contribution in [-0.4, -0.2) is 56.7 Å². The Morgan fingerprint density at radius 1 is 1.22 bits per heavy atom. The van der Waals surface area contributed by atoms with Gasteiger partial charge in [0, 0.05) is 50.0 Å². The van der Waals surface area contributed by atoms with E-state index in [1.54, 1.807) is 12.0 Å². The van der Waals surface area contributed by atoms with Gasteiger partial charge in [-0.3, -0.25) is 4.68 Å². The van der Waals surface area contributed by atoms with Crippen LogP contribution in [0.15, 0.2) is 28.9 Å². The van der Waals surface area contributed by atoms with Gasteiger partial charge in [0.2, 0.25) is 5.82 Å². The Hall–Kier alpha value is -2.94. The van der Waals surface area contributed by atoms with Gasteiger partial charge in [-0.2, -0.15) is 10.1 Å². The summed E-state index contributed by atoms with van der Waals surface area (Å²) in [6.07, 6.45) is 2.63. The predicted octanol–water partition coefficient (Wildman–Crippen LogP) is 4.54. The van der Waals surface area contributed by atoms with E-state index < -0.39 is 11.2 Å². The molecule has 4 rings (SSSR count). The van der Waals surface area contributed by atoms with Gasteiger partial charge in [-0.05, 0) is 40.7 Å². The number of amides is 1. The third kappa shape index (κ3) is 4.21. The number of piperidine rings is 1. The predicted molar refractivity (Wildman–Crippen MR) is 119 cm³/mol. The zero-order valence-electron chi connectivity index (χ0n) is 19.6. The van der Waals surface area contributed by atoms with E-state index in [1.165, 1.54) is 0 Å². The summed E-state index contributed by atoms with van der Waals surface area (Å²) < 4.78 is 19.0. The average molecular weight is 442 g/mol. The molecule has 0 spiro atoms. The number of fused-ring (bicyclic) bond motifs is 1. The Morgan fingerprint density at radius 2 is 1.94 bits per heavy atom. The largest absolute Gasteiger partial charge is 0.444 e. The molecular formula is C23H31N5O4. The Balaban J connectivity index is 1.54. The van der Waals surface area contributed by atoms with E-state index in [4.69, 9.17) is 14.0 Å². The fourth-order valence-corrected chi connectivity index (χ4v) is 4.00. The number of carbonyl (C=O) groups excluding carboxylic acids is 1. The minimum atomic E-state index is -0.729. The monoisotopic (exact) mass is 441 g/mol. The van der Waals surface area contributed by atoms with Crippen LogP contribution >= 0.6 is 0 Å². The van der Waals surface area contributed by atoms with E-state index in [0.717, 1.165) is 16.5 Å². The molecule has 2 aromatic heterocycles. The number of benzene rings is 1. The third-order valence-electron chi connectivity index (χ3n) is 5.78. The van der Waals surface area contributed by atoms with E-state index in [-0.39, 0.29) is 12.1 Å². The highest BCUT2D eigenvalue weighted by Gasteiger charge is 2.43. The fourth-order valence-electron chi connectivity index (χ4n) is 4.00. The number of aromatic nitrogens is 4. The smallest absolute Gasteiger partial charge is 0.410 e. The Labute approximate surface area is 187 Å². The van der Waals surface area contributed by atoms with E-state index in [2.05, 4.69) is 29.1 Å². The lowest BCUT2D eigenvalue weighted by Crippen LogP contribution is -2.47. The minimum absolute atomic E-state index is 0.246. The van der Waals surface area contributed by atoms with Crippen LogP contribution < -0.4 is 0 Å². The molecule has 1 aliphatic heterocycles. The Bertz CT molecular complexity index is 1100. The maximum Gasteiger partial charge on any atom is 0.410 e. The third-order valence-corrected chi connectivity index (χ3v) is 5.78. The molecule has 9 heteroatoms. The number of ether oxygens (including phenoxy) is 2. The van der Waals surface area contributed by atoms with Gasteiger partial charge in [-0.15, -0.1) is 0 Å². The number of rotatable bonds is 4. The van der Waals surface area contributed by atoms with Crippen LogP contribution in [0.1, 0.15) is 59.4 Å². The lowest BCUT2D eigenvalue weighted by Gasteiger charge is -2.38. The zero-order chi connectivity index (χ0) is 23.1. The number of methoxy groups -OCH3 is 1.